The van der Waals surface area contributed by atoms with Gasteiger partial charge in [0.25, 0.3) is 0 Å². The third-order valence-corrected chi connectivity index (χ3v) is 1.01. The van der Waals surface area contributed by atoms with Crippen LogP contribution < -0.4 is 0 Å². The summed E-state index contributed by atoms with van der Waals surface area (Å²) in [6.07, 6.45) is 13.8. The van der Waals surface area contributed by atoms with E-state index in [1.165, 1.54) is 0 Å². The molecule has 0 aliphatic carbocycles. The summed E-state index contributed by atoms with van der Waals surface area (Å²) >= 11 is 0. The van der Waals surface area contributed by atoms with Gasteiger partial charge in [-0.2, -0.15) is 0 Å². The van der Waals surface area contributed by atoms with Crippen molar-refractivity contribution in [2.24, 2.45) is 0 Å². The van der Waals surface area contributed by atoms with Gasteiger partial charge in [0.2, 0.25) is 0 Å². The second-order valence-electron chi connectivity index (χ2n) is 1.90. The first-order valence-electron chi connectivity index (χ1n) is 3.45. The quantitative estimate of drug-likeness (QED) is 0.400. The molecule has 10 heavy (non-hydrogen) atoms. The minimum atomic E-state index is 0.960. The van der Waals surface area contributed by atoms with Crippen LogP contribution in [0.1, 0.15) is 12.8 Å². The van der Waals surface area contributed by atoms with Gasteiger partial charge in [-0.1, -0.05) is 43.0 Å². The van der Waals surface area contributed by atoms with E-state index in [-0.39, 0.29) is 0 Å². The minimum absolute atomic E-state index is 0.960. The molecule has 0 aromatic heterocycles. The topological polar surface area (TPSA) is 0 Å². The van der Waals surface area contributed by atoms with Crippen molar-refractivity contribution in [2.45, 2.75) is 12.8 Å². The molecule has 0 aromatic rings. The summed E-state index contributed by atoms with van der Waals surface area (Å²) < 4.78 is 0. The molecule has 0 radical (unpaired) electrons. The van der Waals surface area contributed by atoms with Crippen LogP contribution >= 0.6 is 0 Å². The molecule has 0 nitrogen and oxygen atoms in total. The van der Waals surface area contributed by atoms with Crippen LogP contribution in [0.4, 0.5) is 0 Å². The molecular weight excluding hydrogens is 120 g/mol. The number of rotatable bonds is 5. The van der Waals surface area contributed by atoms with Gasteiger partial charge in [-0.05, 0) is 12.8 Å². The molecule has 0 aromatic carbocycles. The van der Waals surface area contributed by atoms with E-state index in [2.05, 4.69) is 31.4 Å². The first kappa shape index (κ1) is 8.96. The van der Waals surface area contributed by atoms with E-state index in [1.54, 1.807) is 6.08 Å². The maximum absolute atomic E-state index is 3.61. The highest BCUT2D eigenvalue weighted by molar-refractivity contribution is 5.01. The predicted molar refractivity (Wildman–Crippen MR) is 47.9 cm³/mol. The average molecular weight is 134 g/mol. The zero-order chi connectivity index (χ0) is 7.66. The number of hydrogen-bond donors (Lipinski definition) is 0. The Hall–Kier alpha value is -1.04. The van der Waals surface area contributed by atoms with Gasteiger partial charge < -0.3 is 0 Å². The molecule has 0 aliphatic heterocycles. The van der Waals surface area contributed by atoms with E-state index in [4.69, 9.17) is 0 Å². The normalized spacial score (nSPS) is 10.8. The highest BCUT2D eigenvalue weighted by Gasteiger charge is 1.68. The summed E-state index contributed by atoms with van der Waals surface area (Å²) in [7, 11) is 0. The molecule has 0 N–H and O–H groups in total. The summed E-state index contributed by atoms with van der Waals surface area (Å²) in [4.78, 5) is 0. The monoisotopic (exact) mass is 134 g/mol. The van der Waals surface area contributed by atoms with Crippen molar-refractivity contribution in [3.63, 3.8) is 0 Å². The molecule has 0 heterocycles. The lowest BCUT2D eigenvalue weighted by molar-refractivity contribution is 1.32. The molecular formula is C10H14. The van der Waals surface area contributed by atoms with E-state index in [0.29, 0.717) is 0 Å². The van der Waals surface area contributed by atoms with Gasteiger partial charge in [0.05, 0.1) is 0 Å². The highest BCUT2D eigenvalue weighted by Crippen LogP contribution is 1.89. The van der Waals surface area contributed by atoms with Gasteiger partial charge >= 0.3 is 0 Å². The molecule has 0 saturated heterocycles. The summed E-state index contributed by atoms with van der Waals surface area (Å²) in [5, 5.41) is 0. The van der Waals surface area contributed by atoms with Crippen molar-refractivity contribution in [3.05, 3.63) is 49.6 Å². The fourth-order valence-electron chi connectivity index (χ4n) is 0.542. The summed E-state index contributed by atoms with van der Waals surface area (Å²) in [6.45, 7) is 7.18. The summed E-state index contributed by atoms with van der Waals surface area (Å²) in [5.41, 5.74) is 0. The Bertz CT molecular complexity index is 138. The standard InChI is InChI=1S/C10H14/c1-3-5-7-9-10-8-6-4-2/h3-5,7-8,10H,1-2,6,9H2. The molecule has 0 bridgehead atoms. The first-order chi connectivity index (χ1) is 4.91. The van der Waals surface area contributed by atoms with Crippen molar-refractivity contribution in [1.29, 1.82) is 0 Å². The average Bonchev–Trinajstić information content (AvgIpc) is 1.97. The Morgan fingerprint density at radius 1 is 0.900 bits per heavy atom. The molecule has 0 spiro atoms. The van der Waals surface area contributed by atoms with Gasteiger partial charge in [0, 0.05) is 0 Å². The number of hydrogen-bond acceptors (Lipinski definition) is 0. The van der Waals surface area contributed by atoms with E-state index in [1.807, 2.05) is 12.2 Å². The van der Waals surface area contributed by atoms with Gasteiger partial charge in [-0.15, -0.1) is 6.58 Å². The van der Waals surface area contributed by atoms with E-state index >= 15 is 0 Å². The first-order valence-corrected chi connectivity index (χ1v) is 3.45. The Morgan fingerprint density at radius 2 is 1.60 bits per heavy atom. The Morgan fingerprint density at radius 3 is 2.20 bits per heavy atom. The fraction of sp³-hybridized carbons (Fsp3) is 0.200. The molecule has 0 amide bonds. The van der Waals surface area contributed by atoms with Crippen LogP contribution in [-0.4, -0.2) is 0 Å². The van der Waals surface area contributed by atoms with Gasteiger partial charge in [-0.25, -0.2) is 0 Å². The minimum Gasteiger partial charge on any atom is -0.103 e. The highest BCUT2D eigenvalue weighted by atomic mass is 13.7. The molecule has 0 heteroatoms. The molecule has 54 valence electrons. The summed E-state index contributed by atoms with van der Waals surface area (Å²) in [5.74, 6) is 0. The molecule has 0 rings (SSSR count). The van der Waals surface area contributed by atoms with Crippen molar-refractivity contribution in [2.75, 3.05) is 0 Å². The Kier molecular flexibility index (Phi) is 7.13. The van der Waals surface area contributed by atoms with Crippen molar-refractivity contribution in [1.82, 2.24) is 0 Å². The molecule has 0 unspecified atom stereocenters. The van der Waals surface area contributed by atoms with Crippen LogP contribution in [0.15, 0.2) is 49.6 Å². The molecule has 0 aliphatic rings. The third kappa shape index (κ3) is 6.96. The molecule has 0 saturated carbocycles. The van der Waals surface area contributed by atoms with Crippen LogP contribution in [0.2, 0.25) is 0 Å². The fourth-order valence-corrected chi connectivity index (χ4v) is 0.542. The second kappa shape index (κ2) is 7.96. The summed E-state index contributed by atoms with van der Waals surface area (Å²) in [6, 6.07) is 0. The van der Waals surface area contributed by atoms with Gasteiger partial charge in [0.15, 0.2) is 0 Å². The van der Waals surface area contributed by atoms with Crippen LogP contribution in [0, 0.1) is 0 Å². The zero-order valence-electron chi connectivity index (χ0n) is 6.29. The van der Waals surface area contributed by atoms with Crippen LogP contribution in [0.25, 0.3) is 0 Å². The van der Waals surface area contributed by atoms with Crippen LogP contribution in [0.3, 0.4) is 0 Å². The molecule has 0 atom stereocenters. The van der Waals surface area contributed by atoms with E-state index in [9.17, 15) is 0 Å². The Labute approximate surface area is 63.3 Å². The van der Waals surface area contributed by atoms with Crippen molar-refractivity contribution >= 4 is 0 Å². The maximum atomic E-state index is 3.61. The zero-order valence-corrected chi connectivity index (χ0v) is 6.29. The van der Waals surface area contributed by atoms with Gasteiger partial charge in [-0.3, -0.25) is 0 Å². The predicted octanol–water partition coefficient (Wildman–Crippen LogP) is 3.25. The lowest BCUT2D eigenvalue weighted by Crippen LogP contribution is -1.58. The van der Waals surface area contributed by atoms with Crippen LogP contribution in [-0.2, 0) is 0 Å². The Balaban J connectivity index is 3.25. The van der Waals surface area contributed by atoms with E-state index < -0.39 is 0 Å². The van der Waals surface area contributed by atoms with Crippen molar-refractivity contribution in [3.8, 4) is 0 Å². The van der Waals surface area contributed by atoms with Crippen LogP contribution in [0.5, 0.6) is 0 Å². The van der Waals surface area contributed by atoms with E-state index in [0.717, 1.165) is 12.8 Å². The van der Waals surface area contributed by atoms with Crippen molar-refractivity contribution < 1.29 is 0 Å². The molecule has 0 fully saturated rings. The largest absolute Gasteiger partial charge is 0.103 e. The lowest BCUT2D eigenvalue weighted by atomic mass is 10.3. The smallest absolute Gasteiger partial charge is 0.0166 e. The third-order valence-electron chi connectivity index (χ3n) is 1.01. The maximum Gasteiger partial charge on any atom is -0.0166 e. The SMILES string of the molecule is C=CC=CCC=CCC=C. The number of allylic oxidation sites excluding steroid dienone is 6. The lowest BCUT2D eigenvalue weighted by Gasteiger charge is -1.79. The van der Waals surface area contributed by atoms with Gasteiger partial charge in [0.1, 0.15) is 0 Å². The second-order valence-corrected chi connectivity index (χ2v) is 1.90.